The number of halogens is 1. The first-order chi connectivity index (χ1) is 5.77. The Morgan fingerprint density at radius 1 is 1.50 bits per heavy atom. The van der Waals surface area contributed by atoms with Gasteiger partial charge in [-0.3, -0.25) is 0 Å². The van der Waals surface area contributed by atoms with Gasteiger partial charge in [0.25, 0.3) is 0 Å². The highest BCUT2D eigenvalue weighted by molar-refractivity contribution is 9.10. The van der Waals surface area contributed by atoms with Crippen LogP contribution in [0.2, 0.25) is 0 Å². The van der Waals surface area contributed by atoms with Crippen molar-refractivity contribution in [3.8, 4) is 0 Å². The van der Waals surface area contributed by atoms with Gasteiger partial charge in [-0.1, -0.05) is 28.9 Å². The van der Waals surface area contributed by atoms with Crippen molar-refractivity contribution in [3.63, 3.8) is 0 Å². The molecule has 0 aliphatic carbocycles. The van der Waals surface area contributed by atoms with Crippen LogP contribution in [0.5, 0.6) is 0 Å². The summed E-state index contributed by atoms with van der Waals surface area (Å²) in [6.07, 6.45) is 0. The highest BCUT2D eigenvalue weighted by Gasteiger charge is 2.15. The average molecular weight is 226 g/mol. The molecule has 0 radical (unpaired) electrons. The fourth-order valence-electron chi connectivity index (χ4n) is 1.72. The summed E-state index contributed by atoms with van der Waals surface area (Å²) in [6.45, 7) is 4.38. The Morgan fingerprint density at radius 3 is 3.17 bits per heavy atom. The van der Waals surface area contributed by atoms with E-state index in [1.165, 1.54) is 15.6 Å². The molecule has 0 aromatic heterocycles. The monoisotopic (exact) mass is 225 g/mol. The van der Waals surface area contributed by atoms with Crippen molar-refractivity contribution >= 4 is 15.9 Å². The van der Waals surface area contributed by atoms with Crippen molar-refractivity contribution in [1.82, 2.24) is 5.32 Å². The van der Waals surface area contributed by atoms with E-state index >= 15 is 0 Å². The molecule has 1 aromatic rings. The van der Waals surface area contributed by atoms with Gasteiger partial charge in [-0.15, -0.1) is 0 Å². The second kappa shape index (κ2) is 3.19. The molecule has 1 atom stereocenters. The second-order valence-electron chi connectivity index (χ2n) is 3.38. The predicted octanol–water partition coefficient (Wildman–Crippen LogP) is 2.66. The molecule has 12 heavy (non-hydrogen) atoms. The molecule has 0 amide bonds. The highest BCUT2D eigenvalue weighted by Crippen LogP contribution is 2.26. The molecule has 0 unspecified atom stereocenters. The Balaban J connectivity index is 2.47. The molecular weight excluding hydrogens is 214 g/mol. The zero-order valence-electron chi connectivity index (χ0n) is 7.10. The van der Waals surface area contributed by atoms with Gasteiger partial charge in [0.2, 0.25) is 0 Å². The summed E-state index contributed by atoms with van der Waals surface area (Å²) >= 11 is 3.50. The zero-order valence-corrected chi connectivity index (χ0v) is 8.69. The predicted molar refractivity (Wildman–Crippen MR) is 54.3 cm³/mol. The van der Waals surface area contributed by atoms with Crippen LogP contribution in [-0.2, 0) is 6.54 Å². The van der Waals surface area contributed by atoms with E-state index in [4.69, 9.17) is 0 Å². The van der Waals surface area contributed by atoms with Gasteiger partial charge in [-0.25, -0.2) is 0 Å². The lowest BCUT2D eigenvalue weighted by Gasteiger charge is -2.23. The fourth-order valence-corrected chi connectivity index (χ4v) is 2.10. The molecule has 1 nitrogen and oxygen atoms in total. The molecule has 2 heteroatoms. The summed E-state index contributed by atoms with van der Waals surface area (Å²) in [6, 6.07) is 6.54. The Bertz CT molecular complexity index is 296. The van der Waals surface area contributed by atoms with E-state index in [1.807, 2.05) is 0 Å². The topological polar surface area (TPSA) is 12.0 Å². The van der Waals surface area contributed by atoms with Crippen LogP contribution in [0.3, 0.4) is 0 Å². The van der Waals surface area contributed by atoms with E-state index in [1.54, 1.807) is 0 Å². The summed E-state index contributed by atoms with van der Waals surface area (Å²) in [5.41, 5.74) is 2.93. The molecule has 64 valence electrons. The molecule has 0 spiro atoms. The first-order valence-electron chi connectivity index (χ1n) is 4.26. The molecule has 1 aliphatic heterocycles. The number of nitrogens with one attached hydrogen (secondary N) is 1. The third kappa shape index (κ3) is 1.41. The van der Waals surface area contributed by atoms with Gasteiger partial charge in [-0.05, 0) is 29.2 Å². The van der Waals surface area contributed by atoms with Crippen LogP contribution in [0.25, 0.3) is 0 Å². The molecule has 0 saturated carbocycles. The van der Waals surface area contributed by atoms with Gasteiger partial charge < -0.3 is 5.32 Å². The second-order valence-corrected chi connectivity index (χ2v) is 4.29. The van der Waals surface area contributed by atoms with Gasteiger partial charge in [0.05, 0.1) is 0 Å². The average Bonchev–Trinajstić information content (AvgIpc) is 2.07. The van der Waals surface area contributed by atoms with Crippen molar-refractivity contribution in [2.24, 2.45) is 0 Å². The number of benzene rings is 1. The Morgan fingerprint density at radius 2 is 2.33 bits per heavy atom. The lowest BCUT2D eigenvalue weighted by atomic mass is 9.93. The van der Waals surface area contributed by atoms with Crippen molar-refractivity contribution in [2.45, 2.75) is 19.4 Å². The maximum atomic E-state index is 3.50. The van der Waals surface area contributed by atoms with Crippen LogP contribution in [0, 0.1) is 0 Å². The van der Waals surface area contributed by atoms with Gasteiger partial charge in [0.1, 0.15) is 0 Å². The van der Waals surface area contributed by atoms with Gasteiger partial charge >= 0.3 is 0 Å². The molecule has 0 fully saturated rings. The minimum atomic E-state index is 0.645. The fraction of sp³-hybridized carbons (Fsp3) is 0.400. The lowest BCUT2D eigenvalue weighted by molar-refractivity contribution is 0.571. The molecule has 1 heterocycles. The van der Waals surface area contributed by atoms with E-state index in [9.17, 15) is 0 Å². The van der Waals surface area contributed by atoms with Gasteiger partial charge in [-0.2, -0.15) is 0 Å². The summed E-state index contributed by atoms with van der Waals surface area (Å²) in [5.74, 6) is 0.645. The van der Waals surface area contributed by atoms with Crippen LogP contribution < -0.4 is 5.32 Å². The number of rotatable bonds is 0. The third-order valence-corrected chi connectivity index (χ3v) is 2.90. The van der Waals surface area contributed by atoms with Gasteiger partial charge in [0.15, 0.2) is 0 Å². The van der Waals surface area contributed by atoms with Crippen LogP contribution in [0.1, 0.15) is 24.0 Å². The number of fused-ring (bicyclic) bond motifs is 1. The quantitative estimate of drug-likeness (QED) is 0.717. The smallest absolute Gasteiger partial charge is 0.0208 e. The normalized spacial score (nSPS) is 22.0. The number of hydrogen-bond donors (Lipinski definition) is 1. The maximum absolute atomic E-state index is 3.50. The van der Waals surface area contributed by atoms with Crippen LogP contribution in [-0.4, -0.2) is 6.54 Å². The standard InChI is InChI=1S/C10H12BrN/c1-7-5-12-6-8-2-3-9(11)4-10(7)8/h2-4,7,12H,5-6H2,1H3/t7-/m0/s1. The number of hydrogen-bond acceptors (Lipinski definition) is 1. The molecule has 1 aromatic carbocycles. The summed E-state index contributed by atoms with van der Waals surface area (Å²) in [5, 5.41) is 3.39. The molecule has 0 bridgehead atoms. The van der Waals surface area contributed by atoms with E-state index in [-0.39, 0.29) is 0 Å². The minimum Gasteiger partial charge on any atom is -0.312 e. The highest BCUT2D eigenvalue weighted by atomic mass is 79.9. The lowest BCUT2D eigenvalue weighted by Crippen LogP contribution is -2.26. The SMILES string of the molecule is C[C@H]1CNCc2ccc(Br)cc21. The molecule has 1 aliphatic rings. The molecule has 1 N–H and O–H groups in total. The third-order valence-electron chi connectivity index (χ3n) is 2.40. The minimum absolute atomic E-state index is 0.645. The first kappa shape index (κ1) is 8.27. The molecular formula is C10H12BrN. The van der Waals surface area contributed by atoms with Crippen LogP contribution >= 0.6 is 15.9 Å². The first-order valence-corrected chi connectivity index (χ1v) is 5.05. The van der Waals surface area contributed by atoms with Crippen LogP contribution in [0.4, 0.5) is 0 Å². The summed E-state index contributed by atoms with van der Waals surface area (Å²) < 4.78 is 1.19. The van der Waals surface area contributed by atoms with Crippen molar-refractivity contribution in [3.05, 3.63) is 33.8 Å². The van der Waals surface area contributed by atoms with E-state index < -0.39 is 0 Å². The van der Waals surface area contributed by atoms with Crippen LogP contribution in [0.15, 0.2) is 22.7 Å². The van der Waals surface area contributed by atoms with Crippen molar-refractivity contribution in [1.29, 1.82) is 0 Å². The zero-order chi connectivity index (χ0) is 8.55. The molecule has 2 rings (SSSR count). The maximum Gasteiger partial charge on any atom is 0.0208 e. The Hall–Kier alpha value is -0.340. The largest absolute Gasteiger partial charge is 0.312 e. The Kier molecular flexibility index (Phi) is 2.20. The van der Waals surface area contributed by atoms with E-state index in [0.29, 0.717) is 5.92 Å². The van der Waals surface area contributed by atoms with E-state index in [0.717, 1.165) is 13.1 Å². The summed E-state index contributed by atoms with van der Waals surface area (Å²) in [7, 11) is 0. The van der Waals surface area contributed by atoms with Gasteiger partial charge in [0, 0.05) is 17.6 Å². The Labute approximate surface area is 81.3 Å². The molecule has 0 saturated heterocycles. The summed E-state index contributed by atoms with van der Waals surface area (Å²) in [4.78, 5) is 0. The van der Waals surface area contributed by atoms with E-state index in [2.05, 4.69) is 46.4 Å². The van der Waals surface area contributed by atoms with Crippen molar-refractivity contribution in [2.75, 3.05) is 6.54 Å². The van der Waals surface area contributed by atoms with Crippen molar-refractivity contribution < 1.29 is 0 Å².